The summed E-state index contributed by atoms with van der Waals surface area (Å²) >= 11 is 0. The fourth-order valence-electron chi connectivity index (χ4n) is 4.96. The quantitative estimate of drug-likeness (QED) is 0.455. The summed E-state index contributed by atoms with van der Waals surface area (Å²) in [6.45, 7) is 0. The first-order valence-electron chi connectivity index (χ1n) is 5.40. The van der Waals surface area contributed by atoms with E-state index >= 15 is 0 Å². The zero-order valence-electron chi connectivity index (χ0n) is 8.96. The van der Waals surface area contributed by atoms with Crippen molar-refractivity contribution in [2.45, 2.75) is 60.7 Å². The number of rotatable bonds is 0. The summed E-state index contributed by atoms with van der Waals surface area (Å²) in [4.78, 5) is 0. The maximum absolute atomic E-state index is 6.34. The average Bonchev–Trinajstić information content (AvgIpc) is 1.67. The molecule has 4 aliphatic carbocycles. The lowest BCUT2D eigenvalue weighted by Gasteiger charge is -2.67. The van der Waals surface area contributed by atoms with Gasteiger partial charge in [0.25, 0.3) is 0 Å². The fourth-order valence-corrected chi connectivity index (χ4v) is 4.96. The Morgan fingerprint density at radius 3 is 0.733 bits per heavy atom. The van der Waals surface area contributed by atoms with Crippen molar-refractivity contribution < 1.29 is 0 Å². The minimum atomic E-state index is -0.188. The first-order chi connectivity index (χ1) is 6.24. The van der Waals surface area contributed by atoms with E-state index in [0.717, 1.165) is 38.5 Å². The van der Waals surface area contributed by atoms with Gasteiger partial charge in [0, 0.05) is 22.2 Å². The summed E-state index contributed by atoms with van der Waals surface area (Å²) in [5.74, 6) is 0. The van der Waals surface area contributed by atoms with Gasteiger partial charge >= 0.3 is 0 Å². The van der Waals surface area contributed by atoms with Crippen LogP contribution in [-0.4, -0.2) is 22.2 Å². The Kier molecular flexibility index (Phi) is 2.08. The van der Waals surface area contributed by atoms with Gasteiger partial charge in [0.2, 0.25) is 0 Å². The Morgan fingerprint density at radius 1 is 0.467 bits per heavy atom. The number of hydrogen-bond donors (Lipinski definition) is 4. The van der Waals surface area contributed by atoms with E-state index in [2.05, 4.69) is 0 Å². The number of hydrogen-bond acceptors (Lipinski definition) is 4. The maximum Gasteiger partial charge on any atom is 0.0207 e. The first-order valence-corrected chi connectivity index (χ1v) is 5.40. The third kappa shape index (κ3) is 1.59. The molecule has 8 N–H and O–H groups in total. The molecule has 0 saturated heterocycles. The van der Waals surface area contributed by atoms with Crippen LogP contribution in [0.3, 0.4) is 0 Å². The third-order valence-electron chi connectivity index (χ3n) is 4.22. The highest BCUT2D eigenvalue weighted by Gasteiger charge is 2.64. The van der Waals surface area contributed by atoms with E-state index < -0.39 is 0 Å². The molecule has 4 nitrogen and oxygen atoms in total. The molecule has 4 bridgehead atoms. The van der Waals surface area contributed by atoms with E-state index in [-0.39, 0.29) is 34.6 Å². The standard InChI is InChI=1S/C10H20N4.ClH/c11-7-1-8(12)4-9(13,2-7)6-10(14,3-7)5-8;/h1-6,11-14H2;1H. The second-order valence-corrected chi connectivity index (χ2v) is 6.51. The molecule has 4 fully saturated rings. The largest absolute Gasteiger partial charge is 0.325 e. The molecule has 0 aliphatic heterocycles. The zero-order valence-corrected chi connectivity index (χ0v) is 9.78. The highest BCUT2D eigenvalue weighted by atomic mass is 35.5. The molecule has 0 atom stereocenters. The van der Waals surface area contributed by atoms with Crippen LogP contribution < -0.4 is 22.9 Å². The smallest absolute Gasteiger partial charge is 0.0207 e. The van der Waals surface area contributed by atoms with Crippen LogP contribution in [0.5, 0.6) is 0 Å². The zero-order chi connectivity index (χ0) is 10.2. The van der Waals surface area contributed by atoms with Crippen LogP contribution in [0.15, 0.2) is 0 Å². The second-order valence-electron chi connectivity index (χ2n) is 6.51. The lowest BCUT2D eigenvalue weighted by molar-refractivity contribution is -0.0485. The van der Waals surface area contributed by atoms with Crippen molar-refractivity contribution in [1.29, 1.82) is 0 Å². The lowest BCUT2D eigenvalue weighted by atomic mass is 9.45. The monoisotopic (exact) mass is 232 g/mol. The van der Waals surface area contributed by atoms with Crippen molar-refractivity contribution in [2.24, 2.45) is 22.9 Å². The van der Waals surface area contributed by atoms with Crippen molar-refractivity contribution >= 4 is 12.4 Å². The normalized spacial score (nSPS) is 61.6. The highest BCUT2D eigenvalue weighted by molar-refractivity contribution is 5.85. The van der Waals surface area contributed by atoms with Gasteiger partial charge in [-0.25, -0.2) is 0 Å². The van der Waals surface area contributed by atoms with Gasteiger partial charge in [-0.1, -0.05) is 0 Å². The van der Waals surface area contributed by atoms with Crippen LogP contribution in [-0.2, 0) is 0 Å². The Hall–Kier alpha value is 0.130. The Labute approximate surface area is 96.5 Å². The molecule has 0 amide bonds. The summed E-state index contributed by atoms with van der Waals surface area (Å²) in [6.07, 6.45) is 5.40. The molecule has 5 heteroatoms. The maximum atomic E-state index is 6.34. The molecule has 4 rings (SSSR count). The minimum Gasteiger partial charge on any atom is -0.325 e. The Morgan fingerprint density at radius 2 is 0.600 bits per heavy atom. The molecule has 4 saturated carbocycles. The molecule has 0 spiro atoms. The van der Waals surface area contributed by atoms with E-state index in [1.54, 1.807) is 0 Å². The molecule has 0 aromatic heterocycles. The number of nitrogens with two attached hydrogens (primary N) is 4. The van der Waals surface area contributed by atoms with Gasteiger partial charge in [-0.2, -0.15) is 0 Å². The minimum absolute atomic E-state index is 0. The van der Waals surface area contributed by atoms with Gasteiger partial charge < -0.3 is 22.9 Å². The van der Waals surface area contributed by atoms with Gasteiger partial charge in [-0.05, 0) is 38.5 Å². The first kappa shape index (κ1) is 11.6. The lowest BCUT2D eigenvalue weighted by Crippen LogP contribution is -2.80. The van der Waals surface area contributed by atoms with E-state index in [4.69, 9.17) is 22.9 Å². The van der Waals surface area contributed by atoms with Gasteiger partial charge in [0.1, 0.15) is 0 Å². The summed E-state index contributed by atoms with van der Waals surface area (Å²) in [5.41, 5.74) is 24.6. The predicted octanol–water partition coefficient (Wildman–Crippen LogP) is -0.420. The summed E-state index contributed by atoms with van der Waals surface area (Å²) in [7, 11) is 0. The predicted molar refractivity (Wildman–Crippen MR) is 62.6 cm³/mol. The van der Waals surface area contributed by atoms with Crippen LogP contribution in [0, 0.1) is 0 Å². The molecule has 0 aromatic rings. The topological polar surface area (TPSA) is 104 Å². The van der Waals surface area contributed by atoms with Gasteiger partial charge in [-0.15, -0.1) is 12.4 Å². The SMILES string of the molecule is Cl.NC12CC3(N)CC(N)(C1)CC(N)(C2)C3. The molecule has 4 aliphatic rings. The molecular formula is C10H21ClN4. The van der Waals surface area contributed by atoms with Gasteiger partial charge in [0.05, 0.1) is 0 Å². The molecule has 88 valence electrons. The molecule has 0 aromatic carbocycles. The molecule has 0 radical (unpaired) electrons. The van der Waals surface area contributed by atoms with Crippen LogP contribution >= 0.6 is 12.4 Å². The van der Waals surface area contributed by atoms with Crippen LogP contribution in [0.4, 0.5) is 0 Å². The summed E-state index contributed by atoms with van der Waals surface area (Å²) < 4.78 is 0. The van der Waals surface area contributed by atoms with Crippen molar-refractivity contribution in [3.8, 4) is 0 Å². The van der Waals surface area contributed by atoms with Crippen molar-refractivity contribution in [1.82, 2.24) is 0 Å². The summed E-state index contributed by atoms with van der Waals surface area (Å²) in [5, 5.41) is 0. The fraction of sp³-hybridized carbons (Fsp3) is 1.00. The molecule has 0 heterocycles. The van der Waals surface area contributed by atoms with Crippen LogP contribution in [0.1, 0.15) is 38.5 Å². The van der Waals surface area contributed by atoms with E-state index in [0.29, 0.717) is 0 Å². The summed E-state index contributed by atoms with van der Waals surface area (Å²) in [6, 6.07) is 0. The third-order valence-corrected chi connectivity index (χ3v) is 4.22. The molecular weight excluding hydrogens is 212 g/mol. The van der Waals surface area contributed by atoms with E-state index in [9.17, 15) is 0 Å². The highest BCUT2D eigenvalue weighted by Crippen LogP contribution is 2.57. The van der Waals surface area contributed by atoms with Gasteiger partial charge in [0.15, 0.2) is 0 Å². The van der Waals surface area contributed by atoms with E-state index in [1.807, 2.05) is 0 Å². The Balaban J connectivity index is 0.000000853. The second kappa shape index (κ2) is 2.68. The average molecular weight is 233 g/mol. The number of halogens is 1. The van der Waals surface area contributed by atoms with Crippen molar-refractivity contribution in [3.05, 3.63) is 0 Å². The van der Waals surface area contributed by atoms with Crippen molar-refractivity contribution in [3.63, 3.8) is 0 Å². The Bertz CT molecular complexity index is 210. The van der Waals surface area contributed by atoms with E-state index in [1.165, 1.54) is 0 Å². The van der Waals surface area contributed by atoms with Crippen LogP contribution in [0.25, 0.3) is 0 Å². The van der Waals surface area contributed by atoms with Gasteiger partial charge in [-0.3, -0.25) is 0 Å². The van der Waals surface area contributed by atoms with Crippen molar-refractivity contribution in [2.75, 3.05) is 0 Å². The van der Waals surface area contributed by atoms with Crippen LogP contribution in [0.2, 0.25) is 0 Å². The molecule has 15 heavy (non-hydrogen) atoms. The molecule has 0 unspecified atom stereocenters.